The Morgan fingerprint density at radius 3 is 2.77 bits per heavy atom. The summed E-state index contributed by atoms with van der Waals surface area (Å²) in [5.74, 6) is -1.09. The monoisotopic (exact) mass is 451 g/mol. The van der Waals surface area contributed by atoms with Gasteiger partial charge in [0.25, 0.3) is 15.9 Å². The van der Waals surface area contributed by atoms with E-state index in [1.807, 2.05) is 0 Å². The van der Waals surface area contributed by atoms with Crippen molar-refractivity contribution in [3.8, 4) is 0 Å². The largest absolute Gasteiger partial charge is 0.383 e. The van der Waals surface area contributed by atoms with Crippen LogP contribution in [-0.2, 0) is 19.6 Å². The Morgan fingerprint density at radius 2 is 2.03 bits per heavy atom. The number of carbonyl (C=O) groups excluding carboxylic acids is 2. The zero-order valence-electron chi connectivity index (χ0n) is 16.7. The van der Waals surface area contributed by atoms with Gasteiger partial charge in [0.1, 0.15) is 4.21 Å². The Kier molecular flexibility index (Phi) is 7.59. The first kappa shape index (κ1) is 22.4. The zero-order chi connectivity index (χ0) is 21.6. The van der Waals surface area contributed by atoms with Gasteiger partial charge in [-0.3, -0.25) is 9.59 Å². The zero-order valence-corrected chi connectivity index (χ0v) is 18.3. The third-order valence-electron chi connectivity index (χ3n) is 4.87. The summed E-state index contributed by atoms with van der Waals surface area (Å²) in [6.07, 6.45) is 1.19. The van der Waals surface area contributed by atoms with Crippen molar-refractivity contribution in [2.45, 2.75) is 17.1 Å². The fourth-order valence-electron chi connectivity index (χ4n) is 3.30. The van der Waals surface area contributed by atoms with Crippen molar-refractivity contribution >= 4 is 38.9 Å². The normalized spacial score (nSPS) is 17.4. The molecule has 1 saturated heterocycles. The Bertz CT molecular complexity index is 976. The van der Waals surface area contributed by atoms with Crippen LogP contribution in [0, 0.1) is 5.92 Å². The van der Waals surface area contributed by atoms with E-state index in [2.05, 4.69) is 10.6 Å². The molecule has 0 aliphatic carbocycles. The maximum Gasteiger partial charge on any atom is 0.253 e. The topological polar surface area (TPSA) is 105 Å². The molecule has 2 N–H and O–H groups in total. The lowest BCUT2D eigenvalue weighted by Gasteiger charge is -2.30. The van der Waals surface area contributed by atoms with Crippen LogP contribution in [0.5, 0.6) is 0 Å². The minimum Gasteiger partial charge on any atom is -0.383 e. The quantitative estimate of drug-likeness (QED) is 0.599. The summed E-state index contributed by atoms with van der Waals surface area (Å²) in [7, 11) is -2.05. The summed E-state index contributed by atoms with van der Waals surface area (Å²) < 4.78 is 32.1. The number of amides is 2. The maximum absolute atomic E-state index is 12.9. The Morgan fingerprint density at radius 1 is 1.23 bits per heavy atom. The predicted molar refractivity (Wildman–Crippen MR) is 115 cm³/mol. The molecule has 0 unspecified atom stereocenters. The highest BCUT2D eigenvalue weighted by Crippen LogP contribution is 2.27. The molecule has 1 aliphatic rings. The third kappa shape index (κ3) is 5.25. The van der Waals surface area contributed by atoms with Crippen LogP contribution in [0.3, 0.4) is 0 Å². The van der Waals surface area contributed by atoms with Gasteiger partial charge in [0.2, 0.25) is 5.91 Å². The molecule has 0 saturated carbocycles. The number of thiophene rings is 1. The summed E-state index contributed by atoms with van der Waals surface area (Å²) in [6.45, 7) is 1.25. The van der Waals surface area contributed by atoms with Gasteiger partial charge in [-0.15, -0.1) is 11.3 Å². The van der Waals surface area contributed by atoms with E-state index >= 15 is 0 Å². The van der Waals surface area contributed by atoms with E-state index in [0.717, 1.165) is 0 Å². The van der Waals surface area contributed by atoms with Crippen LogP contribution >= 0.6 is 11.3 Å². The van der Waals surface area contributed by atoms with Crippen molar-refractivity contribution in [2.75, 3.05) is 38.7 Å². The number of nitrogens with zero attached hydrogens (tertiary/aromatic N) is 1. The minimum atomic E-state index is -3.60. The number of hydrogen-bond donors (Lipinski definition) is 2. The number of ether oxygens (including phenoxy) is 1. The average molecular weight is 452 g/mol. The van der Waals surface area contributed by atoms with E-state index in [4.69, 9.17) is 4.74 Å². The van der Waals surface area contributed by atoms with Crippen LogP contribution in [0.2, 0.25) is 0 Å². The van der Waals surface area contributed by atoms with E-state index in [1.54, 1.807) is 48.9 Å². The van der Waals surface area contributed by atoms with Gasteiger partial charge in [0, 0.05) is 26.7 Å². The van der Waals surface area contributed by atoms with Crippen molar-refractivity contribution < 1.29 is 22.7 Å². The van der Waals surface area contributed by atoms with Crippen molar-refractivity contribution in [3.05, 3.63) is 47.3 Å². The lowest BCUT2D eigenvalue weighted by molar-refractivity contribution is -0.120. The van der Waals surface area contributed by atoms with Gasteiger partial charge in [-0.25, -0.2) is 8.42 Å². The van der Waals surface area contributed by atoms with Gasteiger partial charge in [0.05, 0.1) is 23.8 Å². The summed E-state index contributed by atoms with van der Waals surface area (Å²) in [5, 5.41) is 7.26. The number of para-hydroxylation sites is 1. The fourth-order valence-corrected chi connectivity index (χ4v) is 5.97. The standard InChI is InChI=1S/C20H25N3O5S2/c1-28-12-10-21-20(25)16-7-2-3-8-17(16)22-19(24)15-6-4-11-23(14-15)30(26,27)18-9-5-13-29-18/h2-3,5,7-9,13,15H,4,6,10-12,14H2,1H3,(H,21,25)(H,22,24)/t15-/m1/s1. The molecule has 162 valence electrons. The number of methoxy groups -OCH3 is 1. The van der Waals surface area contributed by atoms with Gasteiger partial charge >= 0.3 is 0 Å². The van der Waals surface area contributed by atoms with E-state index < -0.39 is 15.9 Å². The molecule has 1 aromatic carbocycles. The second kappa shape index (κ2) is 10.2. The predicted octanol–water partition coefficient (Wildman–Crippen LogP) is 2.16. The average Bonchev–Trinajstić information content (AvgIpc) is 3.30. The first-order valence-corrected chi connectivity index (χ1v) is 12.0. The van der Waals surface area contributed by atoms with E-state index in [-0.39, 0.29) is 22.6 Å². The van der Waals surface area contributed by atoms with Crippen LogP contribution in [0.15, 0.2) is 46.0 Å². The van der Waals surface area contributed by atoms with Crippen LogP contribution in [0.25, 0.3) is 0 Å². The number of sulfonamides is 1. The number of benzene rings is 1. The van der Waals surface area contributed by atoms with E-state index in [0.29, 0.717) is 43.8 Å². The van der Waals surface area contributed by atoms with Crippen molar-refractivity contribution in [1.29, 1.82) is 0 Å². The molecule has 10 heteroatoms. The summed E-state index contributed by atoms with van der Waals surface area (Å²) in [4.78, 5) is 25.3. The smallest absolute Gasteiger partial charge is 0.253 e. The molecule has 0 radical (unpaired) electrons. The molecule has 30 heavy (non-hydrogen) atoms. The van der Waals surface area contributed by atoms with Gasteiger partial charge in [0.15, 0.2) is 0 Å². The second-order valence-corrected chi connectivity index (χ2v) is 10.0. The molecule has 0 bridgehead atoms. The number of rotatable bonds is 8. The Labute approximate surface area is 180 Å². The maximum atomic E-state index is 12.9. The van der Waals surface area contributed by atoms with E-state index in [9.17, 15) is 18.0 Å². The number of piperidine rings is 1. The number of nitrogens with one attached hydrogen (secondary N) is 2. The molecular formula is C20H25N3O5S2. The van der Waals surface area contributed by atoms with Crippen molar-refractivity contribution in [3.63, 3.8) is 0 Å². The number of carbonyl (C=O) groups is 2. The SMILES string of the molecule is COCCNC(=O)c1ccccc1NC(=O)[C@@H]1CCCN(S(=O)(=O)c2cccs2)C1. The highest BCUT2D eigenvalue weighted by molar-refractivity contribution is 7.91. The van der Waals surface area contributed by atoms with Crippen molar-refractivity contribution in [2.24, 2.45) is 5.92 Å². The van der Waals surface area contributed by atoms with Gasteiger partial charge in [-0.1, -0.05) is 18.2 Å². The van der Waals surface area contributed by atoms with Gasteiger partial charge in [-0.05, 0) is 36.4 Å². The molecule has 8 nitrogen and oxygen atoms in total. The highest BCUT2D eigenvalue weighted by Gasteiger charge is 2.34. The van der Waals surface area contributed by atoms with Crippen LogP contribution < -0.4 is 10.6 Å². The molecule has 2 aromatic rings. The summed E-state index contributed by atoms with van der Waals surface area (Å²) in [5.41, 5.74) is 0.747. The first-order valence-electron chi connectivity index (χ1n) is 9.64. The second-order valence-electron chi connectivity index (χ2n) is 6.92. The molecular weight excluding hydrogens is 426 g/mol. The molecule has 1 aromatic heterocycles. The third-order valence-corrected chi connectivity index (χ3v) is 8.10. The summed E-state index contributed by atoms with van der Waals surface area (Å²) >= 11 is 1.17. The number of anilines is 1. The Hall–Kier alpha value is -2.27. The van der Waals surface area contributed by atoms with Crippen LogP contribution in [0.4, 0.5) is 5.69 Å². The summed E-state index contributed by atoms with van der Waals surface area (Å²) in [6, 6.07) is 10.0. The molecule has 2 amide bonds. The molecule has 1 fully saturated rings. The fraction of sp³-hybridized carbons (Fsp3) is 0.400. The molecule has 0 spiro atoms. The van der Waals surface area contributed by atoms with Crippen LogP contribution in [-0.4, -0.2) is 57.9 Å². The van der Waals surface area contributed by atoms with Crippen molar-refractivity contribution in [1.82, 2.24) is 9.62 Å². The minimum absolute atomic E-state index is 0.119. The van der Waals surface area contributed by atoms with Crippen LogP contribution in [0.1, 0.15) is 23.2 Å². The molecule has 2 heterocycles. The molecule has 3 rings (SSSR count). The van der Waals surface area contributed by atoms with E-state index in [1.165, 1.54) is 15.6 Å². The first-order chi connectivity index (χ1) is 14.4. The number of hydrogen-bond acceptors (Lipinski definition) is 6. The molecule has 1 aliphatic heterocycles. The molecule has 1 atom stereocenters. The lowest BCUT2D eigenvalue weighted by Crippen LogP contribution is -2.43. The lowest BCUT2D eigenvalue weighted by atomic mass is 9.98. The Balaban J connectivity index is 1.68. The highest BCUT2D eigenvalue weighted by atomic mass is 32.2. The van der Waals surface area contributed by atoms with Gasteiger partial charge < -0.3 is 15.4 Å². The van der Waals surface area contributed by atoms with Gasteiger partial charge in [-0.2, -0.15) is 4.31 Å².